The summed E-state index contributed by atoms with van der Waals surface area (Å²) < 4.78 is 0. The second-order valence-corrected chi connectivity index (χ2v) is 3.33. The van der Waals surface area contributed by atoms with E-state index < -0.39 is 0 Å². The van der Waals surface area contributed by atoms with Crippen LogP contribution in [0.15, 0.2) is 6.07 Å². The number of nitrogens with zero attached hydrogens (tertiary/aromatic N) is 2. The standard InChI is InChI=1S/C9H17N5/c1-4-11-7-5-8(14-10)13-9(12-7)6(2)3/h5-6H,4,10H2,1-3H3,(H2,11,12,13,14). The first kappa shape index (κ1) is 10.7. The van der Waals surface area contributed by atoms with E-state index in [-0.39, 0.29) is 0 Å². The minimum absolute atomic E-state index is 0.292. The molecule has 0 amide bonds. The molecule has 14 heavy (non-hydrogen) atoms. The summed E-state index contributed by atoms with van der Waals surface area (Å²) in [4.78, 5) is 8.60. The highest BCUT2D eigenvalue weighted by atomic mass is 15.3. The summed E-state index contributed by atoms with van der Waals surface area (Å²) in [6, 6.07) is 1.79. The largest absolute Gasteiger partial charge is 0.370 e. The number of anilines is 2. The second kappa shape index (κ2) is 4.76. The third-order valence-corrected chi connectivity index (χ3v) is 1.77. The van der Waals surface area contributed by atoms with Crippen molar-refractivity contribution in [1.29, 1.82) is 0 Å². The van der Waals surface area contributed by atoms with Gasteiger partial charge in [0.2, 0.25) is 0 Å². The summed E-state index contributed by atoms with van der Waals surface area (Å²) >= 11 is 0. The van der Waals surface area contributed by atoms with Crippen LogP contribution in [0.1, 0.15) is 32.5 Å². The minimum Gasteiger partial charge on any atom is -0.370 e. The van der Waals surface area contributed by atoms with E-state index in [0.29, 0.717) is 11.7 Å². The molecule has 1 aromatic rings. The highest BCUT2D eigenvalue weighted by Crippen LogP contribution is 2.15. The predicted molar refractivity (Wildman–Crippen MR) is 58.1 cm³/mol. The Morgan fingerprint density at radius 2 is 2.00 bits per heavy atom. The highest BCUT2D eigenvalue weighted by molar-refractivity contribution is 5.46. The van der Waals surface area contributed by atoms with Crippen molar-refractivity contribution in [2.45, 2.75) is 26.7 Å². The van der Waals surface area contributed by atoms with Gasteiger partial charge >= 0.3 is 0 Å². The van der Waals surface area contributed by atoms with Crippen LogP contribution in [0.4, 0.5) is 11.6 Å². The summed E-state index contributed by atoms with van der Waals surface area (Å²) in [6.45, 7) is 6.95. The third-order valence-electron chi connectivity index (χ3n) is 1.77. The van der Waals surface area contributed by atoms with E-state index in [1.54, 1.807) is 6.07 Å². The molecule has 1 heterocycles. The maximum atomic E-state index is 5.32. The Morgan fingerprint density at radius 3 is 2.50 bits per heavy atom. The smallest absolute Gasteiger partial charge is 0.145 e. The van der Waals surface area contributed by atoms with Gasteiger partial charge in [-0.15, -0.1) is 0 Å². The zero-order valence-corrected chi connectivity index (χ0v) is 8.83. The topological polar surface area (TPSA) is 75.9 Å². The van der Waals surface area contributed by atoms with Gasteiger partial charge in [-0.25, -0.2) is 15.8 Å². The molecule has 0 radical (unpaired) electrons. The average molecular weight is 195 g/mol. The van der Waals surface area contributed by atoms with Gasteiger partial charge < -0.3 is 10.7 Å². The lowest BCUT2D eigenvalue weighted by Gasteiger charge is -2.09. The Balaban J connectivity index is 3.00. The van der Waals surface area contributed by atoms with Crippen LogP contribution in [0.2, 0.25) is 0 Å². The predicted octanol–water partition coefficient (Wildman–Crippen LogP) is 1.32. The lowest BCUT2D eigenvalue weighted by molar-refractivity contribution is 0.775. The molecule has 0 aliphatic rings. The van der Waals surface area contributed by atoms with Crippen LogP contribution in [0.25, 0.3) is 0 Å². The molecule has 0 fully saturated rings. The van der Waals surface area contributed by atoms with Crippen molar-refractivity contribution in [2.24, 2.45) is 5.84 Å². The molecule has 1 rings (SSSR count). The van der Waals surface area contributed by atoms with Crippen molar-refractivity contribution in [3.63, 3.8) is 0 Å². The lowest BCUT2D eigenvalue weighted by Crippen LogP contribution is -2.12. The van der Waals surface area contributed by atoms with Gasteiger partial charge in [-0.1, -0.05) is 13.8 Å². The van der Waals surface area contributed by atoms with Crippen molar-refractivity contribution >= 4 is 11.6 Å². The molecule has 0 spiro atoms. The molecule has 1 aromatic heterocycles. The molecule has 5 nitrogen and oxygen atoms in total. The molecule has 5 heteroatoms. The first-order chi connectivity index (χ1) is 6.67. The van der Waals surface area contributed by atoms with Gasteiger partial charge in [0, 0.05) is 18.5 Å². The van der Waals surface area contributed by atoms with Crippen molar-refractivity contribution in [3.8, 4) is 0 Å². The number of hydrazine groups is 1. The Morgan fingerprint density at radius 1 is 1.36 bits per heavy atom. The Kier molecular flexibility index (Phi) is 3.64. The Hall–Kier alpha value is -1.36. The van der Waals surface area contributed by atoms with Gasteiger partial charge in [-0.2, -0.15) is 0 Å². The van der Waals surface area contributed by atoms with Gasteiger partial charge in [0.25, 0.3) is 0 Å². The first-order valence-corrected chi connectivity index (χ1v) is 4.76. The van der Waals surface area contributed by atoms with Gasteiger partial charge in [0.05, 0.1) is 0 Å². The number of nitrogen functional groups attached to an aromatic ring is 1. The number of hydrogen-bond donors (Lipinski definition) is 3. The van der Waals surface area contributed by atoms with Crippen LogP contribution in [-0.2, 0) is 0 Å². The summed E-state index contributed by atoms with van der Waals surface area (Å²) in [5.41, 5.74) is 2.53. The molecule has 0 aromatic carbocycles. The lowest BCUT2D eigenvalue weighted by atomic mass is 10.2. The Bertz CT molecular complexity index is 297. The second-order valence-electron chi connectivity index (χ2n) is 3.33. The SMILES string of the molecule is CCNc1cc(NN)nc(C(C)C)n1. The van der Waals surface area contributed by atoms with E-state index in [2.05, 4.69) is 20.7 Å². The van der Waals surface area contributed by atoms with E-state index in [4.69, 9.17) is 5.84 Å². The maximum absolute atomic E-state index is 5.32. The van der Waals surface area contributed by atoms with E-state index in [0.717, 1.165) is 18.2 Å². The molecule has 78 valence electrons. The zero-order valence-electron chi connectivity index (χ0n) is 8.83. The fourth-order valence-electron chi connectivity index (χ4n) is 1.07. The molecule has 4 N–H and O–H groups in total. The van der Waals surface area contributed by atoms with E-state index in [9.17, 15) is 0 Å². The molecule has 0 saturated carbocycles. The normalized spacial score (nSPS) is 10.4. The van der Waals surface area contributed by atoms with Crippen LogP contribution >= 0.6 is 0 Å². The highest BCUT2D eigenvalue weighted by Gasteiger charge is 2.06. The van der Waals surface area contributed by atoms with E-state index in [1.807, 2.05) is 20.8 Å². The van der Waals surface area contributed by atoms with E-state index in [1.165, 1.54) is 0 Å². The number of hydrogen-bond acceptors (Lipinski definition) is 5. The van der Waals surface area contributed by atoms with Crippen molar-refractivity contribution in [3.05, 3.63) is 11.9 Å². The van der Waals surface area contributed by atoms with Crippen LogP contribution in [-0.4, -0.2) is 16.5 Å². The molecular weight excluding hydrogens is 178 g/mol. The first-order valence-electron chi connectivity index (χ1n) is 4.76. The van der Waals surface area contributed by atoms with Crippen LogP contribution in [0.5, 0.6) is 0 Å². The maximum Gasteiger partial charge on any atom is 0.145 e. The number of aromatic nitrogens is 2. The molecule has 0 saturated heterocycles. The molecule has 0 aliphatic heterocycles. The fraction of sp³-hybridized carbons (Fsp3) is 0.556. The van der Waals surface area contributed by atoms with Crippen LogP contribution in [0.3, 0.4) is 0 Å². The van der Waals surface area contributed by atoms with Crippen molar-refractivity contribution < 1.29 is 0 Å². The number of nitrogens with two attached hydrogens (primary N) is 1. The van der Waals surface area contributed by atoms with Gasteiger partial charge in [0.15, 0.2) is 0 Å². The van der Waals surface area contributed by atoms with Crippen molar-refractivity contribution in [1.82, 2.24) is 9.97 Å². The molecular formula is C9H17N5. The van der Waals surface area contributed by atoms with E-state index >= 15 is 0 Å². The summed E-state index contributed by atoms with van der Waals surface area (Å²) in [6.07, 6.45) is 0. The molecule has 0 bridgehead atoms. The van der Waals surface area contributed by atoms with Crippen LogP contribution in [0, 0.1) is 0 Å². The summed E-state index contributed by atoms with van der Waals surface area (Å²) in [5, 5.41) is 3.13. The third kappa shape index (κ3) is 2.56. The molecule has 0 aliphatic carbocycles. The monoisotopic (exact) mass is 195 g/mol. The zero-order chi connectivity index (χ0) is 10.6. The average Bonchev–Trinajstić information content (AvgIpc) is 2.17. The van der Waals surface area contributed by atoms with Crippen LogP contribution < -0.4 is 16.6 Å². The number of rotatable bonds is 4. The number of nitrogens with one attached hydrogen (secondary N) is 2. The fourth-order valence-corrected chi connectivity index (χ4v) is 1.07. The Labute approximate surface area is 84.1 Å². The van der Waals surface area contributed by atoms with Gasteiger partial charge in [0.1, 0.15) is 17.5 Å². The summed E-state index contributed by atoms with van der Waals surface area (Å²) in [5.74, 6) is 7.84. The quantitative estimate of drug-likeness (QED) is 0.499. The summed E-state index contributed by atoms with van der Waals surface area (Å²) in [7, 11) is 0. The molecule has 0 unspecified atom stereocenters. The minimum atomic E-state index is 0.292. The molecule has 0 atom stereocenters. The van der Waals surface area contributed by atoms with Crippen molar-refractivity contribution in [2.75, 3.05) is 17.3 Å². The van der Waals surface area contributed by atoms with Gasteiger partial charge in [-0.05, 0) is 6.92 Å². The van der Waals surface area contributed by atoms with Gasteiger partial charge in [-0.3, -0.25) is 0 Å².